The van der Waals surface area contributed by atoms with E-state index in [0.29, 0.717) is 29.5 Å². The largest absolute Gasteiger partial charge is 0.492 e. The summed E-state index contributed by atoms with van der Waals surface area (Å²) in [5, 5.41) is 8.44. The Morgan fingerprint density at radius 2 is 1.59 bits per heavy atom. The number of ether oxygens (including phenoxy) is 1. The first-order valence-corrected chi connectivity index (χ1v) is 14.1. The lowest BCUT2D eigenvalue weighted by Gasteiger charge is -2.15. The highest BCUT2D eigenvalue weighted by molar-refractivity contribution is 6.06. The van der Waals surface area contributed by atoms with Crippen LogP contribution in [0.25, 0.3) is 0 Å². The topological polar surface area (TPSA) is 108 Å². The lowest BCUT2D eigenvalue weighted by Crippen LogP contribution is -2.25. The van der Waals surface area contributed by atoms with E-state index < -0.39 is 23.6 Å². The second kappa shape index (κ2) is 13.6. The van der Waals surface area contributed by atoms with Crippen LogP contribution >= 0.6 is 0 Å². The SMILES string of the molecule is Cc1ccc(NC(=O)c2cccc(C(F)(F)F)c2)cc1NC(=O)c1cnc(Nc2cccc(OCCN3CCCC3)c2)nc1. The third-order valence-corrected chi connectivity index (χ3v) is 7.07. The second-order valence-electron chi connectivity index (χ2n) is 10.4. The van der Waals surface area contributed by atoms with Crippen LogP contribution in [-0.4, -0.2) is 52.9 Å². The molecule has 3 aromatic carbocycles. The zero-order chi connectivity index (χ0) is 31.1. The van der Waals surface area contributed by atoms with Crippen LogP contribution in [0.3, 0.4) is 0 Å². The quantitative estimate of drug-likeness (QED) is 0.189. The second-order valence-corrected chi connectivity index (χ2v) is 10.4. The van der Waals surface area contributed by atoms with Crippen molar-refractivity contribution in [2.75, 3.05) is 42.2 Å². The number of nitrogens with zero attached hydrogens (tertiary/aromatic N) is 3. The van der Waals surface area contributed by atoms with Gasteiger partial charge in [-0.1, -0.05) is 18.2 Å². The van der Waals surface area contributed by atoms with Crippen LogP contribution in [0.4, 0.5) is 36.2 Å². The summed E-state index contributed by atoms with van der Waals surface area (Å²) >= 11 is 0. The molecule has 1 aliphatic rings. The van der Waals surface area contributed by atoms with E-state index in [1.165, 1.54) is 43.4 Å². The maximum atomic E-state index is 13.0. The first-order chi connectivity index (χ1) is 21.1. The minimum Gasteiger partial charge on any atom is -0.492 e. The van der Waals surface area contributed by atoms with E-state index in [-0.39, 0.29) is 11.1 Å². The summed E-state index contributed by atoms with van der Waals surface area (Å²) in [6, 6.07) is 16.4. The molecule has 5 rings (SSSR count). The summed E-state index contributed by atoms with van der Waals surface area (Å²) in [7, 11) is 0. The highest BCUT2D eigenvalue weighted by atomic mass is 19.4. The number of aryl methyl sites for hydroxylation is 1. The molecule has 1 fully saturated rings. The van der Waals surface area contributed by atoms with Crippen LogP contribution < -0.4 is 20.7 Å². The Morgan fingerprint density at radius 3 is 2.34 bits per heavy atom. The van der Waals surface area contributed by atoms with Crippen molar-refractivity contribution < 1.29 is 27.5 Å². The number of amides is 2. The fourth-order valence-electron chi connectivity index (χ4n) is 4.67. The van der Waals surface area contributed by atoms with E-state index in [9.17, 15) is 22.8 Å². The minimum absolute atomic E-state index is 0.145. The van der Waals surface area contributed by atoms with Crippen molar-refractivity contribution in [3.63, 3.8) is 0 Å². The summed E-state index contributed by atoms with van der Waals surface area (Å²) in [6.45, 7) is 5.50. The number of alkyl halides is 3. The van der Waals surface area contributed by atoms with Crippen molar-refractivity contribution >= 4 is 34.8 Å². The van der Waals surface area contributed by atoms with Gasteiger partial charge in [-0.3, -0.25) is 14.5 Å². The van der Waals surface area contributed by atoms with Gasteiger partial charge in [0.15, 0.2) is 0 Å². The van der Waals surface area contributed by atoms with Crippen LogP contribution in [0, 0.1) is 6.92 Å². The monoisotopic (exact) mass is 604 g/mol. The fourth-order valence-corrected chi connectivity index (χ4v) is 4.67. The Labute approximate surface area is 252 Å². The van der Waals surface area contributed by atoms with E-state index >= 15 is 0 Å². The van der Waals surface area contributed by atoms with Crippen LogP contribution in [-0.2, 0) is 6.18 Å². The number of carbonyl (C=O) groups is 2. The minimum atomic E-state index is -4.57. The summed E-state index contributed by atoms with van der Waals surface area (Å²) in [5.74, 6) is -0.164. The molecule has 0 aliphatic carbocycles. The van der Waals surface area contributed by atoms with Gasteiger partial charge in [0.2, 0.25) is 5.95 Å². The van der Waals surface area contributed by atoms with Crippen molar-refractivity contribution in [1.29, 1.82) is 0 Å². The molecule has 2 heterocycles. The number of rotatable bonds is 10. The van der Waals surface area contributed by atoms with Crippen LogP contribution in [0.1, 0.15) is 44.7 Å². The van der Waals surface area contributed by atoms with E-state index in [1.54, 1.807) is 19.1 Å². The Morgan fingerprint density at radius 1 is 0.864 bits per heavy atom. The Balaban J connectivity index is 1.17. The van der Waals surface area contributed by atoms with Gasteiger partial charge < -0.3 is 20.7 Å². The smallest absolute Gasteiger partial charge is 0.416 e. The molecule has 0 spiro atoms. The molecule has 9 nitrogen and oxygen atoms in total. The lowest BCUT2D eigenvalue weighted by molar-refractivity contribution is -0.137. The highest BCUT2D eigenvalue weighted by Crippen LogP contribution is 2.30. The molecule has 3 N–H and O–H groups in total. The first-order valence-electron chi connectivity index (χ1n) is 14.1. The predicted molar refractivity (Wildman–Crippen MR) is 161 cm³/mol. The third kappa shape index (κ3) is 8.10. The van der Waals surface area contributed by atoms with E-state index in [4.69, 9.17) is 4.74 Å². The Hall–Kier alpha value is -4.97. The van der Waals surface area contributed by atoms with Gasteiger partial charge >= 0.3 is 6.18 Å². The van der Waals surface area contributed by atoms with Gasteiger partial charge in [0.1, 0.15) is 12.4 Å². The number of likely N-dealkylation sites (tertiary alicyclic amines) is 1. The van der Waals surface area contributed by atoms with Crippen LogP contribution in [0.15, 0.2) is 79.1 Å². The summed E-state index contributed by atoms with van der Waals surface area (Å²) in [6.07, 6.45) is 0.677. The molecule has 12 heteroatoms. The standard InChI is InChI=1S/C32H31F3N6O3/c1-21-10-11-26(38-29(42)22-6-4-7-24(16-22)32(33,34)35)18-28(21)40-30(43)23-19-36-31(37-20-23)39-25-8-5-9-27(17-25)44-15-14-41-12-2-3-13-41/h4-11,16-20H,2-3,12-15H2,1H3,(H,38,42)(H,40,43)(H,36,37,39). The van der Waals surface area contributed by atoms with Gasteiger partial charge in [-0.2, -0.15) is 13.2 Å². The van der Waals surface area contributed by atoms with Crippen LogP contribution in [0.2, 0.25) is 0 Å². The summed E-state index contributed by atoms with van der Waals surface area (Å²) < 4.78 is 45.0. The van der Waals surface area contributed by atoms with Gasteiger partial charge in [-0.15, -0.1) is 0 Å². The molecule has 0 atom stereocenters. The molecule has 2 amide bonds. The zero-order valence-electron chi connectivity index (χ0n) is 23.9. The summed E-state index contributed by atoms with van der Waals surface area (Å²) in [5.41, 5.74) is 1.28. The number of carbonyl (C=O) groups excluding carboxylic acids is 2. The van der Waals surface area contributed by atoms with Gasteiger partial charge in [-0.05, 0) is 80.9 Å². The predicted octanol–water partition coefficient (Wildman–Crippen LogP) is 6.53. The van der Waals surface area contributed by atoms with Gasteiger partial charge in [0.25, 0.3) is 11.8 Å². The van der Waals surface area contributed by atoms with Gasteiger partial charge in [0, 0.05) is 47.6 Å². The zero-order valence-corrected chi connectivity index (χ0v) is 23.9. The number of benzene rings is 3. The number of aromatic nitrogens is 2. The van der Waals surface area contributed by atoms with E-state index in [1.807, 2.05) is 24.3 Å². The number of halogens is 3. The van der Waals surface area contributed by atoms with Gasteiger partial charge in [0.05, 0.1) is 11.1 Å². The maximum absolute atomic E-state index is 13.0. The molecule has 0 radical (unpaired) electrons. The number of nitrogens with one attached hydrogen (secondary N) is 3. The maximum Gasteiger partial charge on any atom is 0.416 e. The average Bonchev–Trinajstić information content (AvgIpc) is 3.53. The molecule has 1 saturated heterocycles. The highest BCUT2D eigenvalue weighted by Gasteiger charge is 2.31. The van der Waals surface area contributed by atoms with Crippen molar-refractivity contribution in [1.82, 2.24) is 14.9 Å². The summed E-state index contributed by atoms with van der Waals surface area (Å²) in [4.78, 5) is 36.4. The van der Waals surface area contributed by atoms with Crippen molar-refractivity contribution in [2.45, 2.75) is 25.9 Å². The van der Waals surface area contributed by atoms with Crippen molar-refractivity contribution in [2.24, 2.45) is 0 Å². The number of anilines is 4. The first kappa shape index (κ1) is 30.5. The Kier molecular flexibility index (Phi) is 9.39. The number of hydrogen-bond donors (Lipinski definition) is 3. The van der Waals surface area contributed by atoms with Crippen LogP contribution in [0.5, 0.6) is 5.75 Å². The lowest BCUT2D eigenvalue weighted by atomic mass is 10.1. The fraction of sp³-hybridized carbons (Fsp3) is 0.250. The molecule has 44 heavy (non-hydrogen) atoms. The van der Waals surface area contributed by atoms with E-state index in [2.05, 4.69) is 30.8 Å². The van der Waals surface area contributed by atoms with E-state index in [0.717, 1.165) is 43.2 Å². The average molecular weight is 605 g/mol. The van der Waals surface area contributed by atoms with Crippen molar-refractivity contribution in [3.05, 3.63) is 101 Å². The molecule has 0 unspecified atom stereocenters. The molecule has 1 aromatic heterocycles. The number of hydrogen-bond acceptors (Lipinski definition) is 7. The molecule has 0 saturated carbocycles. The van der Waals surface area contributed by atoms with Crippen molar-refractivity contribution in [3.8, 4) is 5.75 Å². The molecular weight excluding hydrogens is 573 g/mol. The normalized spacial score (nSPS) is 13.4. The Bertz CT molecular complexity index is 1620. The van der Waals surface area contributed by atoms with Gasteiger partial charge in [-0.25, -0.2) is 9.97 Å². The molecule has 228 valence electrons. The molecule has 1 aliphatic heterocycles. The third-order valence-electron chi connectivity index (χ3n) is 7.07. The molecular formula is C32H31F3N6O3. The molecule has 0 bridgehead atoms. The molecule has 4 aromatic rings.